The fraction of sp³-hybridized carbons (Fsp3) is 0.440. The second-order valence-corrected chi connectivity index (χ2v) is 9.32. The highest BCUT2D eigenvalue weighted by Gasteiger charge is 2.25. The van der Waals surface area contributed by atoms with Crippen molar-refractivity contribution in [1.82, 2.24) is 4.90 Å². The van der Waals surface area contributed by atoms with Crippen molar-refractivity contribution in [3.05, 3.63) is 40.8 Å². The van der Waals surface area contributed by atoms with E-state index in [-0.39, 0.29) is 12.1 Å². The smallest absolute Gasteiger partial charge is 0.320 e. The third-order valence-corrected chi connectivity index (χ3v) is 7.16. The van der Waals surface area contributed by atoms with Crippen LogP contribution in [0.2, 0.25) is 0 Å². The van der Waals surface area contributed by atoms with Crippen molar-refractivity contribution in [3.63, 3.8) is 0 Å². The lowest BCUT2D eigenvalue weighted by atomic mass is 10.1. The van der Waals surface area contributed by atoms with Crippen LogP contribution in [-0.4, -0.2) is 63.9 Å². The van der Waals surface area contributed by atoms with Gasteiger partial charge in [0.2, 0.25) is 0 Å². The maximum atomic E-state index is 12.1. The summed E-state index contributed by atoms with van der Waals surface area (Å²) in [6.07, 6.45) is 4.76. The fourth-order valence-corrected chi connectivity index (χ4v) is 5.06. The summed E-state index contributed by atoms with van der Waals surface area (Å²) in [5, 5.41) is 10.9. The Hall–Kier alpha value is -3.02. The predicted octanol–water partition coefficient (Wildman–Crippen LogP) is 4.05. The van der Waals surface area contributed by atoms with Gasteiger partial charge in [-0.2, -0.15) is 5.26 Å². The minimum Gasteiger partial charge on any atom is -0.493 e. The average Bonchev–Trinajstić information content (AvgIpc) is 3.28. The molecule has 2 aliphatic heterocycles. The lowest BCUT2D eigenvalue weighted by Gasteiger charge is -2.33. The number of nitriles is 1. The van der Waals surface area contributed by atoms with E-state index in [9.17, 15) is 10.1 Å². The molecule has 0 atom stereocenters. The summed E-state index contributed by atoms with van der Waals surface area (Å²) in [6.45, 7) is 4.13. The lowest BCUT2D eigenvalue weighted by Crippen LogP contribution is -2.43. The van der Waals surface area contributed by atoms with Crippen LogP contribution in [0.1, 0.15) is 29.7 Å². The number of benzene rings is 1. The Bertz CT molecular complexity index is 1050. The van der Waals surface area contributed by atoms with Gasteiger partial charge >= 0.3 is 5.97 Å². The first-order chi connectivity index (χ1) is 16.1. The first-order valence-electron chi connectivity index (χ1n) is 11.2. The number of allylic oxidation sites excluding steroid dienone is 1. The average molecular weight is 468 g/mol. The van der Waals surface area contributed by atoms with Gasteiger partial charge in [-0.25, -0.2) is 0 Å². The van der Waals surface area contributed by atoms with Crippen LogP contribution in [0.15, 0.2) is 30.3 Å². The Morgan fingerprint density at radius 3 is 2.52 bits per heavy atom. The fourth-order valence-electron chi connectivity index (χ4n) is 4.06. The number of piperidine rings is 1. The van der Waals surface area contributed by atoms with Crippen LogP contribution < -0.4 is 14.4 Å². The summed E-state index contributed by atoms with van der Waals surface area (Å²) in [7, 11) is 3.17. The van der Waals surface area contributed by atoms with Gasteiger partial charge in [-0.1, -0.05) is 0 Å². The molecule has 0 saturated carbocycles. The summed E-state index contributed by atoms with van der Waals surface area (Å²) in [5.41, 5.74) is 1.35. The second kappa shape index (κ2) is 10.7. The van der Waals surface area contributed by atoms with Gasteiger partial charge in [0.25, 0.3) is 0 Å². The minimum atomic E-state index is -0.101. The van der Waals surface area contributed by atoms with Crippen LogP contribution in [0.4, 0.5) is 5.00 Å². The van der Waals surface area contributed by atoms with E-state index in [2.05, 4.69) is 21.9 Å². The first-order valence-corrected chi connectivity index (χ1v) is 12.0. The normalized spacial score (nSPS) is 17.2. The van der Waals surface area contributed by atoms with Gasteiger partial charge in [0.1, 0.15) is 6.10 Å². The van der Waals surface area contributed by atoms with Gasteiger partial charge < -0.3 is 19.1 Å². The largest absolute Gasteiger partial charge is 0.493 e. The summed E-state index contributed by atoms with van der Waals surface area (Å²) in [4.78, 5) is 17.5. The van der Waals surface area contributed by atoms with Gasteiger partial charge in [0.15, 0.2) is 11.5 Å². The number of anilines is 1. The van der Waals surface area contributed by atoms with Gasteiger partial charge in [-0.3, -0.25) is 9.69 Å². The predicted molar refractivity (Wildman–Crippen MR) is 130 cm³/mol. The molecule has 2 aromatic rings. The lowest BCUT2D eigenvalue weighted by molar-refractivity contribution is -0.152. The summed E-state index contributed by atoms with van der Waals surface area (Å²) in [6, 6.07) is 11.9. The number of methoxy groups -OCH3 is 2. The van der Waals surface area contributed by atoms with E-state index in [1.165, 1.54) is 6.42 Å². The zero-order chi connectivity index (χ0) is 23.2. The van der Waals surface area contributed by atoms with E-state index in [0.717, 1.165) is 54.5 Å². The van der Waals surface area contributed by atoms with Gasteiger partial charge in [0.05, 0.1) is 37.4 Å². The van der Waals surface area contributed by atoms with Gasteiger partial charge in [0, 0.05) is 30.8 Å². The van der Waals surface area contributed by atoms with Crippen LogP contribution in [0.5, 0.6) is 11.5 Å². The molecule has 0 N–H and O–H groups in total. The molecule has 2 saturated heterocycles. The van der Waals surface area contributed by atoms with Crippen molar-refractivity contribution in [2.75, 3.05) is 51.8 Å². The van der Waals surface area contributed by atoms with Crippen LogP contribution in [0, 0.1) is 11.3 Å². The van der Waals surface area contributed by atoms with Crippen molar-refractivity contribution in [1.29, 1.82) is 5.26 Å². The topological polar surface area (TPSA) is 75.0 Å². The molecular formula is C25H29N3O4S. The summed E-state index contributed by atoms with van der Waals surface area (Å²) in [5.74, 6) is 1.12. The molecule has 0 spiro atoms. The van der Waals surface area contributed by atoms with E-state index in [1.807, 2.05) is 24.3 Å². The number of likely N-dealkylation sites (tertiary alicyclic amines) is 1. The Morgan fingerprint density at radius 2 is 1.88 bits per heavy atom. The molecule has 0 aliphatic carbocycles. The van der Waals surface area contributed by atoms with Gasteiger partial charge in [-0.15, -0.1) is 11.3 Å². The van der Waals surface area contributed by atoms with Crippen LogP contribution in [-0.2, 0) is 9.53 Å². The third kappa shape index (κ3) is 5.67. The highest BCUT2D eigenvalue weighted by atomic mass is 32.1. The molecule has 0 unspecified atom stereocenters. The van der Waals surface area contributed by atoms with Crippen LogP contribution in [0.25, 0.3) is 11.6 Å². The molecule has 1 aromatic heterocycles. The molecule has 0 amide bonds. The zero-order valence-electron chi connectivity index (χ0n) is 19.1. The van der Waals surface area contributed by atoms with Gasteiger partial charge in [-0.05, 0) is 61.5 Å². The highest BCUT2D eigenvalue weighted by Crippen LogP contribution is 2.34. The molecule has 1 aromatic carbocycles. The number of thiophene rings is 1. The standard InChI is InChI=1S/C25H29N3O4S/c1-30-22-6-4-18(15-23(22)31-2)19(16-26)14-21-5-7-24(33-21)28-12-8-20(9-13-28)32-25(29)17-27-10-3-11-27/h4-7,14-15,20H,3,8-13,17H2,1-2H3/b19-14-. The van der Waals surface area contributed by atoms with Crippen LogP contribution >= 0.6 is 11.3 Å². The maximum absolute atomic E-state index is 12.1. The zero-order valence-corrected chi connectivity index (χ0v) is 19.9. The van der Waals surface area contributed by atoms with E-state index in [1.54, 1.807) is 31.6 Å². The molecular weight excluding hydrogens is 438 g/mol. The third-order valence-electron chi connectivity index (χ3n) is 6.07. The molecule has 33 heavy (non-hydrogen) atoms. The molecule has 0 radical (unpaired) electrons. The summed E-state index contributed by atoms with van der Waals surface area (Å²) >= 11 is 1.66. The van der Waals surface area contributed by atoms with Crippen LogP contribution in [0.3, 0.4) is 0 Å². The van der Waals surface area contributed by atoms with Crippen molar-refractivity contribution in [3.8, 4) is 17.6 Å². The molecule has 3 heterocycles. The Balaban J connectivity index is 1.36. The SMILES string of the molecule is COc1ccc(/C(C#N)=C\c2ccc(N3CCC(OC(=O)CN4CCC4)CC3)s2)cc1OC. The Labute approximate surface area is 198 Å². The number of hydrogen-bond acceptors (Lipinski definition) is 8. The van der Waals surface area contributed by atoms with Crippen molar-refractivity contribution in [2.24, 2.45) is 0 Å². The molecule has 4 rings (SSSR count). The molecule has 0 bridgehead atoms. The monoisotopic (exact) mass is 467 g/mol. The maximum Gasteiger partial charge on any atom is 0.320 e. The van der Waals surface area contributed by atoms with E-state index < -0.39 is 0 Å². The van der Waals surface area contributed by atoms with Crippen molar-refractivity contribution < 1.29 is 19.0 Å². The van der Waals surface area contributed by atoms with E-state index >= 15 is 0 Å². The Morgan fingerprint density at radius 1 is 1.12 bits per heavy atom. The van der Waals surface area contributed by atoms with E-state index in [0.29, 0.717) is 23.6 Å². The quantitative estimate of drug-likeness (QED) is 0.428. The first kappa shape index (κ1) is 23.1. The molecule has 174 valence electrons. The minimum absolute atomic E-state index is 0.00426. The Kier molecular flexibility index (Phi) is 7.53. The molecule has 2 aliphatic rings. The molecule has 2 fully saturated rings. The number of ether oxygens (including phenoxy) is 3. The van der Waals surface area contributed by atoms with Crippen molar-refractivity contribution in [2.45, 2.75) is 25.4 Å². The number of nitrogens with zero attached hydrogens (tertiary/aromatic N) is 3. The van der Waals surface area contributed by atoms with E-state index in [4.69, 9.17) is 14.2 Å². The number of esters is 1. The number of rotatable bonds is 8. The number of carbonyl (C=O) groups excluding carboxylic acids is 1. The second-order valence-electron chi connectivity index (χ2n) is 8.22. The highest BCUT2D eigenvalue weighted by molar-refractivity contribution is 7.17. The molecule has 7 nitrogen and oxygen atoms in total. The number of hydrogen-bond donors (Lipinski definition) is 0. The summed E-state index contributed by atoms with van der Waals surface area (Å²) < 4.78 is 16.3. The molecule has 8 heteroatoms. The number of carbonyl (C=O) groups is 1. The van der Waals surface area contributed by atoms with Crippen molar-refractivity contribution >= 4 is 34.0 Å².